The van der Waals surface area contributed by atoms with E-state index in [2.05, 4.69) is 22.1 Å². The zero-order valence-electron chi connectivity index (χ0n) is 6.62. The van der Waals surface area contributed by atoms with Crippen molar-refractivity contribution in [2.75, 3.05) is 0 Å². The standard InChI is InChI=1S/C10H10N2/c1-2-6-11-7-5-10-9(3-1)4-8-12-10/h1-8,11-12H. The van der Waals surface area contributed by atoms with Crippen LogP contribution in [0.1, 0.15) is 0 Å². The minimum atomic E-state index is 1.13. The molecule has 60 valence electrons. The van der Waals surface area contributed by atoms with Crippen LogP contribution in [0.3, 0.4) is 0 Å². The molecule has 0 amide bonds. The first-order chi connectivity index (χ1) is 5.97. The number of aromatic amines is 2. The van der Waals surface area contributed by atoms with Gasteiger partial charge in [0.05, 0.1) is 0 Å². The minimum Gasteiger partial charge on any atom is -0.368 e. The number of fused-ring (bicyclic) bond motifs is 1. The van der Waals surface area contributed by atoms with E-state index in [0.29, 0.717) is 0 Å². The third-order valence-corrected chi connectivity index (χ3v) is 1.74. The molecule has 0 aliphatic carbocycles. The summed E-state index contributed by atoms with van der Waals surface area (Å²) in [5.41, 5.74) is 1.13. The molecule has 12 heavy (non-hydrogen) atoms. The van der Waals surface area contributed by atoms with Gasteiger partial charge in [0.1, 0.15) is 0 Å². The molecule has 0 unspecified atom stereocenters. The number of aromatic nitrogens is 2. The summed E-state index contributed by atoms with van der Waals surface area (Å²) in [5.74, 6) is 0. The summed E-state index contributed by atoms with van der Waals surface area (Å²) in [5, 5.41) is 1.21. The van der Waals surface area contributed by atoms with Crippen molar-refractivity contribution in [3.05, 3.63) is 48.9 Å². The van der Waals surface area contributed by atoms with Crippen molar-refractivity contribution in [1.29, 1.82) is 0 Å². The highest BCUT2D eigenvalue weighted by molar-refractivity contribution is 5.77. The molecule has 0 spiro atoms. The largest absolute Gasteiger partial charge is 0.368 e. The molecular formula is C10H10N2. The smallest absolute Gasteiger partial charge is 0.0468 e. The highest BCUT2D eigenvalue weighted by atomic mass is 14.7. The van der Waals surface area contributed by atoms with E-state index in [1.807, 2.05) is 36.8 Å². The van der Waals surface area contributed by atoms with Crippen LogP contribution < -0.4 is 0 Å². The molecule has 0 radical (unpaired) electrons. The van der Waals surface area contributed by atoms with Crippen molar-refractivity contribution in [2.45, 2.75) is 0 Å². The number of rotatable bonds is 0. The normalized spacial score (nSPS) is 9.67. The van der Waals surface area contributed by atoms with Crippen LogP contribution in [0.5, 0.6) is 0 Å². The predicted molar refractivity (Wildman–Crippen MR) is 50.3 cm³/mol. The third kappa shape index (κ3) is 1.32. The predicted octanol–water partition coefficient (Wildman–Crippen LogP) is 2.62. The maximum Gasteiger partial charge on any atom is 0.0468 e. The highest BCUT2D eigenvalue weighted by Crippen LogP contribution is 2.06. The van der Waals surface area contributed by atoms with E-state index in [4.69, 9.17) is 0 Å². The summed E-state index contributed by atoms with van der Waals surface area (Å²) in [6.07, 6.45) is 5.72. The summed E-state index contributed by atoms with van der Waals surface area (Å²) in [4.78, 5) is 6.17. The summed E-state index contributed by atoms with van der Waals surface area (Å²) in [7, 11) is 0. The maximum absolute atomic E-state index is 3.15. The fourth-order valence-corrected chi connectivity index (χ4v) is 1.14. The van der Waals surface area contributed by atoms with Crippen LogP contribution in [0.4, 0.5) is 0 Å². The molecule has 0 aromatic carbocycles. The van der Waals surface area contributed by atoms with Gasteiger partial charge in [0.25, 0.3) is 0 Å². The van der Waals surface area contributed by atoms with Crippen molar-refractivity contribution >= 4 is 10.9 Å². The molecule has 0 atom stereocenters. The van der Waals surface area contributed by atoms with Crippen LogP contribution in [0.15, 0.2) is 48.9 Å². The van der Waals surface area contributed by atoms with Crippen LogP contribution in [-0.4, -0.2) is 9.97 Å². The molecule has 2 aromatic heterocycles. The fraction of sp³-hybridized carbons (Fsp3) is 0. The monoisotopic (exact) mass is 158 g/mol. The van der Waals surface area contributed by atoms with Crippen molar-refractivity contribution in [3.63, 3.8) is 0 Å². The van der Waals surface area contributed by atoms with E-state index in [1.54, 1.807) is 0 Å². The second-order valence-electron chi connectivity index (χ2n) is 2.56. The van der Waals surface area contributed by atoms with Crippen molar-refractivity contribution in [2.24, 2.45) is 0 Å². The molecule has 2 heterocycles. The minimum absolute atomic E-state index is 1.13. The Balaban J connectivity index is 2.81. The second kappa shape index (κ2) is 3.13. The van der Waals surface area contributed by atoms with Gasteiger partial charge < -0.3 is 9.97 Å². The first-order valence-corrected chi connectivity index (χ1v) is 3.90. The van der Waals surface area contributed by atoms with Gasteiger partial charge in [-0.25, -0.2) is 0 Å². The molecule has 0 fully saturated rings. The van der Waals surface area contributed by atoms with Crippen LogP contribution in [0, 0.1) is 0 Å². The number of hydrogen-bond acceptors (Lipinski definition) is 0. The van der Waals surface area contributed by atoms with Gasteiger partial charge in [-0.1, -0.05) is 12.1 Å². The lowest BCUT2D eigenvalue weighted by Gasteiger charge is -1.77. The van der Waals surface area contributed by atoms with Gasteiger partial charge in [-0.3, -0.25) is 0 Å². The van der Waals surface area contributed by atoms with E-state index in [1.165, 1.54) is 5.39 Å². The van der Waals surface area contributed by atoms with E-state index >= 15 is 0 Å². The Morgan fingerprint density at radius 3 is 2.83 bits per heavy atom. The Kier molecular flexibility index (Phi) is 1.82. The molecule has 2 heteroatoms. The highest BCUT2D eigenvalue weighted by Gasteiger charge is 1.84. The Morgan fingerprint density at radius 2 is 1.83 bits per heavy atom. The quantitative estimate of drug-likeness (QED) is 0.590. The van der Waals surface area contributed by atoms with Crippen LogP contribution in [0.25, 0.3) is 10.9 Å². The summed E-state index contributed by atoms with van der Waals surface area (Å²) in [6.45, 7) is 0. The molecule has 0 aliphatic rings. The fourth-order valence-electron chi connectivity index (χ4n) is 1.14. The van der Waals surface area contributed by atoms with Crippen LogP contribution in [-0.2, 0) is 0 Å². The molecule has 2 rings (SSSR count). The second-order valence-corrected chi connectivity index (χ2v) is 2.56. The Morgan fingerprint density at radius 1 is 0.833 bits per heavy atom. The van der Waals surface area contributed by atoms with E-state index in [9.17, 15) is 0 Å². The first-order valence-electron chi connectivity index (χ1n) is 3.90. The van der Waals surface area contributed by atoms with Gasteiger partial charge in [-0.15, -0.1) is 0 Å². The number of nitrogens with one attached hydrogen (secondary N) is 2. The van der Waals surface area contributed by atoms with E-state index in [-0.39, 0.29) is 0 Å². The molecule has 2 nitrogen and oxygen atoms in total. The van der Waals surface area contributed by atoms with E-state index in [0.717, 1.165) is 5.52 Å². The van der Waals surface area contributed by atoms with Gasteiger partial charge in [0.2, 0.25) is 0 Å². The Labute approximate surface area is 70.6 Å². The van der Waals surface area contributed by atoms with Crippen LogP contribution >= 0.6 is 0 Å². The van der Waals surface area contributed by atoms with Gasteiger partial charge in [-0.05, 0) is 23.6 Å². The lowest BCUT2D eigenvalue weighted by molar-refractivity contribution is 1.35. The Bertz CT molecular complexity index is 374. The molecule has 0 saturated heterocycles. The molecule has 2 aromatic rings. The van der Waals surface area contributed by atoms with Crippen molar-refractivity contribution < 1.29 is 0 Å². The zero-order chi connectivity index (χ0) is 8.23. The zero-order valence-corrected chi connectivity index (χ0v) is 6.62. The topological polar surface area (TPSA) is 31.6 Å². The molecule has 0 saturated carbocycles. The average Bonchev–Trinajstić information content (AvgIpc) is 2.50. The van der Waals surface area contributed by atoms with Gasteiger partial charge >= 0.3 is 0 Å². The Hall–Kier alpha value is -1.70. The van der Waals surface area contributed by atoms with Gasteiger partial charge in [-0.2, -0.15) is 0 Å². The van der Waals surface area contributed by atoms with E-state index < -0.39 is 0 Å². The third-order valence-electron chi connectivity index (χ3n) is 1.74. The molecule has 0 bridgehead atoms. The van der Waals surface area contributed by atoms with Gasteiger partial charge in [0, 0.05) is 24.1 Å². The SMILES string of the molecule is c1ccc2cc[nH]c2cc[nH]c1. The van der Waals surface area contributed by atoms with Crippen molar-refractivity contribution in [1.82, 2.24) is 9.97 Å². The summed E-state index contributed by atoms with van der Waals surface area (Å²) in [6, 6.07) is 10.1. The van der Waals surface area contributed by atoms with Gasteiger partial charge in [0.15, 0.2) is 0 Å². The molecular weight excluding hydrogens is 148 g/mol. The van der Waals surface area contributed by atoms with Crippen LogP contribution in [0.2, 0.25) is 0 Å². The lowest BCUT2D eigenvalue weighted by atomic mass is 10.3. The maximum atomic E-state index is 3.15. The lowest BCUT2D eigenvalue weighted by Crippen LogP contribution is -1.59. The summed E-state index contributed by atoms with van der Waals surface area (Å²) < 4.78 is 0. The molecule has 0 aliphatic heterocycles. The number of hydrogen-bond donors (Lipinski definition) is 2. The first kappa shape index (κ1) is 6.98. The number of H-pyrrole nitrogens is 2. The summed E-state index contributed by atoms with van der Waals surface area (Å²) >= 11 is 0. The molecule has 2 N–H and O–H groups in total. The average molecular weight is 158 g/mol. The van der Waals surface area contributed by atoms with Crippen molar-refractivity contribution in [3.8, 4) is 0 Å².